The van der Waals surface area contributed by atoms with E-state index >= 15 is 0 Å². The highest BCUT2D eigenvalue weighted by Crippen LogP contribution is 2.00. The van der Waals surface area contributed by atoms with Crippen LogP contribution in [0.2, 0.25) is 0 Å². The van der Waals surface area contributed by atoms with Crippen LogP contribution in [0.4, 0.5) is 5.95 Å². The fourth-order valence-electron chi connectivity index (χ4n) is 0.938. The molecule has 0 saturated heterocycles. The van der Waals surface area contributed by atoms with Crippen LogP contribution < -0.4 is 4.90 Å². The largest absolute Gasteiger partial charge is 0.385 e. The van der Waals surface area contributed by atoms with Crippen LogP contribution in [0.15, 0.2) is 6.33 Å². The summed E-state index contributed by atoms with van der Waals surface area (Å²) in [6.45, 7) is 1.70. The molecule has 0 spiro atoms. The summed E-state index contributed by atoms with van der Waals surface area (Å²) in [7, 11) is 3.67. The molecule has 12 heavy (non-hydrogen) atoms. The van der Waals surface area contributed by atoms with Crippen molar-refractivity contribution in [2.45, 2.75) is 6.42 Å². The highest BCUT2D eigenvalue weighted by molar-refractivity contribution is 5.24. The van der Waals surface area contributed by atoms with Gasteiger partial charge in [-0.05, 0) is 6.42 Å². The second-order valence-electron chi connectivity index (χ2n) is 2.58. The summed E-state index contributed by atoms with van der Waals surface area (Å²) in [5.74, 6) is 0.797. The van der Waals surface area contributed by atoms with Crippen molar-refractivity contribution in [3.05, 3.63) is 6.33 Å². The molecular formula is C7H14N4O. The van der Waals surface area contributed by atoms with Gasteiger partial charge in [-0.2, -0.15) is 0 Å². The van der Waals surface area contributed by atoms with Gasteiger partial charge in [0, 0.05) is 27.3 Å². The predicted octanol–water partition coefficient (Wildman–Crippen LogP) is 0.277. The van der Waals surface area contributed by atoms with Crippen LogP contribution in [-0.4, -0.2) is 42.5 Å². The first-order valence-electron chi connectivity index (χ1n) is 3.90. The summed E-state index contributed by atoms with van der Waals surface area (Å²) in [5.41, 5.74) is 0. The fraction of sp³-hybridized carbons (Fsp3) is 0.714. The smallest absolute Gasteiger partial charge is 0.224 e. The first-order valence-corrected chi connectivity index (χ1v) is 3.90. The van der Waals surface area contributed by atoms with Crippen molar-refractivity contribution in [2.75, 3.05) is 32.2 Å². The van der Waals surface area contributed by atoms with Crippen molar-refractivity contribution in [3.8, 4) is 0 Å². The second kappa shape index (κ2) is 4.71. The lowest BCUT2D eigenvalue weighted by Gasteiger charge is -2.13. The van der Waals surface area contributed by atoms with Gasteiger partial charge in [0.1, 0.15) is 6.33 Å². The molecule has 0 atom stereocenters. The number of rotatable bonds is 5. The lowest BCUT2D eigenvalue weighted by atomic mass is 10.4. The van der Waals surface area contributed by atoms with Crippen molar-refractivity contribution in [1.82, 2.24) is 15.2 Å². The number of aromatic nitrogens is 3. The predicted molar refractivity (Wildman–Crippen MR) is 46.1 cm³/mol. The molecule has 1 aromatic heterocycles. The van der Waals surface area contributed by atoms with E-state index in [-0.39, 0.29) is 0 Å². The molecule has 68 valence electrons. The lowest BCUT2D eigenvalue weighted by molar-refractivity contribution is 0.196. The van der Waals surface area contributed by atoms with Crippen molar-refractivity contribution >= 4 is 5.95 Å². The third-order valence-corrected chi connectivity index (χ3v) is 1.61. The van der Waals surface area contributed by atoms with E-state index in [0.717, 1.165) is 25.5 Å². The van der Waals surface area contributed by atoms with E-state index in [1.807, 2.05) is 11.9 Å². The van der Waals surface area contributed by atoms with Gasteiger partial charge in [-0.1, -0.05) is 0 Å². The van der Waals surface area contributed by atoms with Gasteiger partial charge in [0.05, 0.1) is 0 Å². The standard InChI is InChI=1S/C7H14N4O/c1-11(4-3-5-12-2)7-8-6-9-10-7/h6H,3-5H2,1-2H3,(H,8,9,10). The molecule has 5 heteroatoms. The zero-order chi connectivity index (χ0) is 8.81. The SMILES string of the molecule is COCCCN(C)c1nnc[nH]1. The van der Waals surface area contributed by atoms with E-state index in [2.05, 4.69) is 15.2 Å². The molecule has 0 aromatic carbocycles. The molecule has 0 fully saturated rings. The molecule has 0 aliphatic rings. The van der Waals surface area contributed by atoms with Crippen molar-refractivity contribution in [1.29, 1.82) is 0 Å². The maximum Gasteiger partial charge on any atom is 0.224 e. The molecule has 1 rings (SSSR count). The van der Waals surface area contributed by atoms with Gasteiger partial charge in [-0.3, -0.25) is 0 Å². The number of hydrogen-bond acceptors (Lipinski definition) is 4. The maximum absolute atomic E-state index is 4.94. The van der Waals surface area contributed by atoms with Crippen LogP contribution in [0.25, 0.3) is 0 Å². The molecule has 0 amide bonds. The third-order valence-electron chi connectivity index (χ3n) is 1.61. The second-order valence-corrected chi connectivity index (χ2v) is 2.58. The molecule has 5 nitrogen and oxygen atoms in total. The number of anilines is 1. The Morgan fingerprint density at radius 1 is 1.67 bits per heavy atom. The minimum Gasteiger partial charge on any atom is -0.385 e. The molecule has 0 unspecified atom stereocenters. The van der Waals surface area contributed by atoms with E-state index < -0.39 is 0 Å². The Kier molecular flexibility index (Phi) is 3.53. The Morgan fingerprint density at radius 2 is 2.50 bits per heavy atom. The Balaban J connectivity index is 2.25. The monoisotopic (exact) mass is 170 g/mol. The van der Waals surface area contributed by atoms with Crippen LogP contribution in [0.3, 0.4) is 0 Å². The number of aromatic amines is 1. The summed E-state index contributed by atoms with van der Waals surface area (Å²) in [5, 5.41) is 7.57. The van der Waals surface area contributed by atoms with Crippen LogP contribution in [-0.2, 0) is 4.74 Å². The van der Waals surface area contributed by atoms with Gasteiger partial charge in [0.25, 0.3) is 0 Å². The molecule has 1 N–H and O–H groups in total. The van der Waals surface area contributed by atoms with Gasteiger partial charge >= 0.3 is 0 Å². The topological polar surface area (TPSA) is 54.0 Å². The minimum absolute atomic E-state index is 0.776. The van der Waals surface area contributed by atoms with E-state index in [9.17, 15) is 0 Å². The zero-order valence-electron chi connectivity index (χ0n) is 7.45. The quantitative estimate of drug-likeness (QED) is 0.645. The normalized spacial score (nSPS) is 10.2. The van der Waals surface area contributed by atoms with Crippen LogP contribution >= 0.6 is 0 Å². The Bertz CT molecular complexity index is 199. The average Bonchev–Trinajstić information content (AvgIpc) is 2.56. The molecular weight excluding hydrogens is 156 g/mol. The van der Waals surface area contributed by atoms with E-state index in [4.69, 9.17) is 4.74 Å². The fourth-order valence-corrected chi connectivity index (χ4v) is 0.938. The van der Waals surface area contributed by atoms with Crippen molar-refractivity contribution in [2.24, 2.45) is 0 Å². The highest BCUT2D eigenvalue weighted by Gasteiger charge is 2.01. The molecule has 0 radical (unpaired) electrons. The van der Waals surface area contributed by atoms with Crippen molar-refractivity contribution in [3.63, 3.8) is 0 Å². The average molecular weight is 170 g/mol. The summed E-state index contributed by atoms with van der Waals surface area (Å²) >= 11 is 0. The van der Waals surface area contributed by atoms with Gasteiger partial charge in [-0.25, -0.2) is 0 Å². The van der Waals surface area contributed by atoms with Crippen molar-refractivity contribution < 1.29 is 4.74 Å². The lowest BCUT2D eigenvalue weighted by Crippen LogP contribution is -2.20. The number of hydrogen-bond donors (Lipinski definition) is 1. The molecule has 0 bridgehead atoms. The van der Waals surface area contributed by atoms with E-state index in [1.54, 1.807) is 13.4 Å². The minimum atomic E-state index is 0.776. The van der Waals surface area contributed by atoms with Gasteiger partial charge < -0.3 is 14.6 Å². The molecule has 0 aliphatic heterocycles. The van der Waals surface area contributed by atoms with Gasteiger partial charge in [0.15, 0.2) is 0 Å². The van der Waals surface area contributed by atoms with E-state index in [0.29, 0.717) is 0 Å². The van der Waals surface area contributed by atoms with Crippen LogP contribution in [0.1, 0.15) is 6.42 Å². The number of H-pyrrole nitrogens is 1. The summed E-state index contributed by atoms with van der Waals surface area (Å²) < 4.78 is 4.94. The summed E-state index contributed by atoms with van der Waals surface area (Å²) in [6, 6.07) is 0. The number of methoxy groups -OCH3 is 1. The van der Waals surface area contributed by atoms with Gasteiger partial charge in [-0.15, -0.1) is 10.2 Å². The maximum atomic E-state index is 4.94. The van der Waals surface area contributed by atoms with Crippen LogP contribution in [0.5, 0.6) is 0 Å². The number of nitrogens with zero attached hydrogens (tertiary/aromatic N) is 3. The van der Waals surface area contributed by atoms with E-state index in [1.165, 1.54) is 0 Å². The Morgan fingerprint density at radius 3 is 3.08 bits per heavy atom. The van der Waals surface area contributed by atoms with Crippen LogP contribution in [0, 0.1) is 0 Å². The highest BCUT2D eigenvalue weighted by atomic mass is 16.5. The summed E-state index contributed by atoms with van der Waals surface area (Å²) in [6.07, 6.45) is 2.57. The Labute approximate surface area is 71.7 Å². The molecule has 1 heterocycles. The molecule has 0 aliphatic carbocycles. The first-order chi connectivity index (χ1) is 5.84. The number of ether oxygens (including phenoxy) is 1. The molecule has 0 saturated carbocycles. The zero-order valence-corrected chi connectivity index (χ0v) is 7.45. The van der Waals surface area contributed by atoms with Gasteiger partial charge in [0.2, 0.25) is 5.95 Å². The number of nitrogens with one attached hydrogen (secondary N) is 1. The molecule has 1 aromatic rings. The Hall–Kier alpha value is -1.10. The first kappa shape index (κ1) is 8.99. The third kappa shape index (κ3) is 2.50. The summed E-state index contributed by atoms with van der Waals surface area (Å²) in [4.78, 5) is 4.93.